The molecule has 1 fully saturated rings. The minimum absolute atomic E-state index is 0.0823. The van der Waals surface area contributed by atoms with E-state index in [2.05, 4.69) is 4.74 Å². The first-order valence-electron chi connectivity index (χ1n) is 13.8. The average molecular weight is 625 g/mol. The van der Waals surface area contributed by atoms with Crippen LogP contribution < -0.4 is 4.74 Å². The van der Waals surface area contributed by atoms with Gasteiger partial charge in [-0.05, 0) is 97.7 Å². The van der Waals surface area contributed by atoms with Crippen molar-refractivity contribution in [3.8, 4) is 28.0 Å². The molecule has 0 amide bonds. The lowest BCUT2D eigenvalue weighted by molar-refractivity contribution is -0.189. The molecule has 5 rings (SSSR count). The van der Waals surface area contributed by atoms with Gasteiger partial charge in [0.1, 0.15) is 34.6 Å². The van der Waals surface area contributed by atoms with Crippen LogP contribution >= 0.6 is 0 Å². The molecule has 1 saturated carbocycles. The van der Waals surface area contributed by atoms with Gasteiger partial charge in [0, 0.05) is 23.8 Å². The van der Waals surface area contributed by atoms with Crippen LogP contribution in [0.4, 0.5) is 39.5 Å². The van der Waals surface area contributed by atoms with Crippen LogP contribution in [0.1, 0.15) is 49.7 Å². The molecule has 1 aliphatic carbocycles. The molecule has 11 heteroatoms. The lowest BCUT2D eigenvalue weighted by Crippen LogP contribution is -2.25. The SMILES string of the molecule is CCOC1CCC(c2ccc(-c3cc(F)c(C(F)(F)Oc4ccc(-c5cc(F)c(F)c(F)c5)c(F)c4)c(F)c3)c(F)c2)CC1. The van der Waals surface area contributed by atoms with E-state index < -0.39 is 69.3 Å². The van der Waals surface area contributed by atoms with Crippen molar-refractivity contribution in [2.45, 2.75) is 50.7 Å². The molecule has 4 aromatic rings. The van der Waals surface area contributed by atoms with E-state index in [-0.39, 0.29) is 23.1 Å². The third-order valence-electron chi connectivity index (χ3n) is 7.67. The van der Waals surface area contributed by atoms with Crippen molar-refractivity contribution in [1.82, 2.24) is 0 Å². The van der Waals surface area contributed by atoms with E-state index in [4.69, 9.17) is 4.74 Å². The van der Waals surface area contributed by atoms with Crippen LogP contribution in [-0.4, -0.2) is 12.7 Å². The molecule has 232 valence electrons. The summed E-state index contributed by atoms with van der Waals surface area (Å²) in [6.07, 6.45) is -1.29. The molecule has 0 N–H and O–H groups in total. The molecule has 0 atom stereocenters. The van der Waals surface area contributed by atoms with Crippen molar-refractivity contribution in [2.75, 3.05) is 6.61 Å². The highest BCUT2D eigenvalue weighted by Gasteiger charge is 2.41. The number of hydrogen-bond donors (Lipinski definition) is 0. The van der Waals surface area contributed by atoms with Crippen LogP contribution in [0.15, 0.2) is 60.7 Å². The third kappa shape index (κ3) is 6.43. The summed E-state index contributed by atoms with van der Waals surface area (Å²) in [6.45, 7) is 2.53. The van der Waals surface area contributed by atoms with Crippen molar-refractivity contribution in [3.63, 3.8) is 0 Å². The molecule has 0 aliphatic heterocycles. The van der Waals surface area contributed by atoms with Gasteiger partial charge in [0.05, 0.1) is 6.10 Å². The zero-order valence-electron chi connectivity index (χ0n) is 23.2. The fourth-order valence-corrected chi connectivity index (χ4v) is 5.53. The number of alkyl halides is 2. The molecule has 4 aromatic carbocycles. The Bertz CT molecular complexity index is 1630. The fourth-order valence-electron chi connectivity index (χ4n) is 5.53. The van der Waals surface area contributed by atoms with Gasteiger partial charge in [-0.25, -0.2) is 30.7 Å². The Morgan fingerprint density at radius 1 is 0.636 bits per heavy atom. The molecule has 44 heavy (non-hydrogen) atoms. The van der Waals surface area contributed by atoms with Gasteiger partial charge in [0.15, 0.2) is 17.5 Å². The average Bonchev–Trinajstić information content (AvgIpc) is 2.95. The van der Waals surface area contributed by atoms with E-state index in [1.807, 2.05) is 6.92 Å². The summed E-state index contributed by atoms with van der Waals surface area (Å²) in [5.41, 5.74) is -2.51. The molecule has 0 bridgehead atoms. The number of ether oxygens (including phenoxy) is 2. The molecule has 0 saturated heterocycles. The van der Waals surface area contributed by atoms with E-state index in [0.717, 1.165) is 37.8 Å². The first kappa shape index (κ1) is 31.4. The van der Waals surface area contributed by atoms with Gasteiger partial charge < -0.3 is 9.47 Å². The maximum atomic E-state index is 15.1. The monoisotopic (exact) mass is 624 g/mol. The molecule has 1 aliphatic rings. The van der Waals surface area contributed by atoms with Crippen molar-refractivity contribution < 1.29 is 49.0 Å². The lowest BCUT2D eigenvalue weighted by atomic mass is 9.82. The fraction of sp³-hybridized carbons (Fsp3) is 0.273. The van der Waals surface area contributed by atoms with Crippen LogP contribution in [-0.2, 0) is 10.8 Å². The topological polar surface area (TPSA) is 18.5 Å². The highest BCUT2D eigenvalue weighted by Crippen LogP contribution is 2.40. The summed E-state index contributed by atoms with van der Waals surface area (Å²) in [5.74, 6) is -11.3. The molecular formula is C33H25F9O2. The zero-order valence-corrected chi connectivity index (χ0v) is 23.2. The van der Waals surface area contributed by atoms with Crippen molar-refractivity contribution in [2.24, 2.45) is 0 Å². The van der Waals surface area contributed by atoms with Crippen LogP contribution in [0.5, 0.6) is 5.75 Å². The first-order valence-corrected chi connectivity index (χ1v) is 13.8. The second-order valence-corrected chi connectivity index (χ2v) is 10.5. The number of halogens is 9. The van der Waals surface area contributed by atoms with Gasteiger partial charge in [0.25, 0.3) is 0 Å². The van der Waals surface area contributed by atoms with Crippen LogP contribution in [0.2, 0.25) is 0 Å². The summed E-state index contributed by atoms with van der Waals surface area (Å²) >= 11 is 0. The van der Waals surface area contributed by atoms with Gasteiger partial charge in [-0.15, -0.1) is 0 Å². The standard InChI is InChI=1S/C33H25F9O2/c1-2-43-21-6-3-17(4-7-21)18-5-9-23(25(34)11-18)19-12-27(36)31(28(37)13-19)33(41,42)44-22-8-10-24(26(35)16-22)20-14-29(38)32(40)30(39)15-20/h5,8-17,21H,2-4,6-7H2,1H3. The van der Waals surface area contributed by atoms with Gasteiger partial charge in [0.2, 0.25) is 0 Å². The molecule has 0 spiro atoms. The Hall–Kier alpha value is -3.99. The quantitative estimate of drug-likeness (QED) is 0.144. The summed E-state index contributed by atoms with van der Waals surface area (Å²) in [6, 6.07) is 8.34. The zero-order chi connectivity index (χ0) is 31.8. The number of benzene rings is 4. The van der Waals surface area contributed by atoms with E-state index in [1.54, 1.807) is 6.07 Å². The van der Waals surface area contributed by atoms with Gasteiger partial charge in [-0.2, -0.15) is 8.78 Å². The maximum Gasteiger partial charge on any atom is 0.432 e. The summed E-state index contributed by atoms with van der Waals surface area (Å²) in [4.78, 5) is 0. The normalized spacial score (nSPS) is 17.1. The van der Waals surface area contributed by atoms with Crippen molar-refractivity contribution in [1.29, 1.82) is 0 Å². The second-order valence-electron chi connectivity index (χ2n) is 10.5. The Morgan fingerprint density at radius 3 is 1.68 bits per heavy atom. The van der Waals surface area contributed by atoms with Gasteiger partial charge in [-0.1, -0.05) is 12.1 Å². The molecule has 0 aromatic heterocycles. The Kier molecular flexibility index (Phi) is 8.97. The third-order valence-corrected chi connectivity index (χ3v) is 7.67. The molecule has 2 nitrogen and oxygen atoms in total. The van der Waals surface area contributed by atoms with Crippen LogP contribution in [0.25, 0.3) is 22.3 Å². The molecule has 0 radical (unpaired) electrons. The smallest absolute Gasteiger partial charge is 0.429 e. The predicted molar refractivity (Wildman–Crippen MR) is 145 cm³/mol. The highest BCUT2D eigenvalue weighted by molar-refractivity contribution is 5.66. The van der Waals surface area contributed by atoms with E-state index in [9.17, 15) is 35.1 Å². The van der Waals surface area contributed by atoms with Crippen molar-refractivity contribution >= 4 is 0 Å². The minimum Gasteiger partial charge on any atom is -0.429 e. The minimum atomic E-state index is -4.66. The van der Waals surface area contributed by atoms with Crippen LogP contribution in [0.3, 0.4) is 0 Å². The van der Waals surface area contributed by atoms with Crippen molar-refractivity contribution in [3.05, 3.63) is 113 Å². The lowest BCUT2D eigenvalue weighted by Gasteiger charge is -2.28. The number of hydrogen-bond acceptors (Lipinski definition) is 2. The second kappa shape index (κ2) is 12.6. The molecule has 0 unspecified atom stereocenters. The number of rotatable bonds is 8. The molecular weight excluding hydrogens is 599 g/mol. The summed E-state index contributed by atoms with van der Waals surface area (Å²) in [5, 5.41) is 0. The highest BCUT2D eigenvalue weighted by atomic mass is 19.3. The summed E-state index contributed by atoms with van der Waals surface area (Å²) < 4.78 is 140. The van der Waals surface area contributed by atoms with Gasteiger partial charge >= 0.3 is 6.11 Å². The van der Waals surface area contributed by atoms with Gasteiger partial charge in [-0.3, -0.25) is 0 Å². The largest absolute Gasteiger partial charge is 0.432 e. The van der Waals surface area contributed by atoms with E-state index in [1.165, 1.54) is 12.1 Å². The Morgan fingerprint density at radius 2 is 1.16 bits per heavy atom. The first-order chi connectivity index (χ1) is 20.9. The van der Waals surface area contributed by atoms with Crippen LogP contribution in [0, 0.1) is 40.7 Å². The predicted octanol–water partition coefficient (Wildman–Crippen LogP) is 10.2. The summed E-state index contributed by atoms with van der Waals surface area (Å²) in [7, 11) is 0. The van der Waals surface area contributed by atoms with E-state index >= 15 is 4.39 Å². The maximum absolute atomic E-state index is 15.1. The van der Waals surface area contributed by atoms with E-state index in [0.29, 0.717) is 42.5 Å². The molecule has 0 heterocycles. The Balaban J connectivity index is 1.35. The Labute approximate surface area is 247 Å².